The van der Waals surface area contributed by atoms with Crippen LogP contribution < -0.4 is 44.2 Å². The second kappa shape index (κ2) is 26.0. The molecule has 0 atom stereocenters. The van der Waals surface area contributed by atoms with E-state index >= 15 is 0 Å². The molecule has 4 aromatic carbocycles. The van der Waals surface area contributed by atoms with Crippen molar-refractivity contribution < 1.29 is 8.97 Å². The minimum atomic E-state index is -2.08. The van der Waals surface area contributed by atoms with Crippen molar-refractivity contribution in [3.63, 3.8) is 0 Å². The van der Waals surface area contributed by atoms with E-state index in [0.717, 1.165) is 87.0 Å². The van der Waals surface area contributed by atoms with Gasteiger partial charge in [-0.1, -0.05) is 0 Å². The van der Waals surface area contributed by atoms with Crippen LogP contribution in [0.2, 0.25) is 0 Å². The summed E-state index contributed by atoms with van der Waals surface area (Å²) in [6.45, 7) is 10.0. The summed E-state index contributed by atoms with van der Waals surface area (Å²) in [5, 5.41) is 6.41. The first-order valence-electron chi connectivity index (χ1n) is 23.0. The summed E-state index contributed by atoms with van der Waals surface area (Å²) in [6.07, 6.45) is 17.0. The predicted octanol–water partition coefficient (Wildman–Crippen LogP) is 6.42. The average Bonchev–Trinajstić information content (AvgIpc) is 3.28. The van der Waals surface area contributed by atoms with E-state index in [1.54, 1.807) is 21.2 Å². The van der Waals surface area contributed by atoms with Crippen LogP contribution in [0.5, 0.6) is 0 Å². The Labute approximate surface area is 356 Å². The molecule has 0 aliphatic carbocycles. The van der Waals surface area contributed by atoms with Crippen LogP contribution in [-0.4, -0.2) is 113 Å². The fourth-order valence-electron chi connectivity index (χ4n) is 10.0. The van der Waals surface area contributed by atoms with E-state index in [-0.39, 0.29) is 0 Å². The van der Waals surface area contributed by atoms with Crippen LogP contribution in [0.25, 0.3) is 0 Å². The fourth-order valence-corrected chi connectivity index (χ4v) is 20.2. The molecule has 0 heterocycles. The second-order valence-electron chi connectivity index (χ2n) is 17.9. The first kappa shape index (κ1) is 48.2. The maximum atomic E-state index is 6.00. The Bertz CT molecular complexity index is 1410. The van der Waals surface area contributed by atoms with E-state index in [9.17, 15) is 0 Å². The molecule has 0 aliphatic heterocycles. The molecule has 8 heteroatoms. The topological polar surface area (TPSA) is 104 Å². The van der Waals surface area contributed by atoms with Gasteiger partial charge in [0.2, 0.25) is 0 Å². The number of unbranched alkanes of at least 4 members (excludes halogenated alkanes) is 3. The molecule has 0 saturated carbocycles. The third kappa shape index (κ3) is 14.6. The zero-order chi connectivity index (χ0) is 41.4. The molecule has 58 heavy (non-hydrogen) atoms. The zero-order valence-corrected chi connectivity index (χ0v) is 38.7. The van der Waals surface area contributed by atoms with E-state index in [1.165, 1.54) is 76.3 Å². The van der Waals surface area contributed by atoms with Crippen LogP contribution in [0.1, 0.15) is 64.2 Å². The average molecular weight is 831 g/mol. The van der Waals surface area contributed by atoms with Crippen molar-refractivity contribution in [2.24, 2.45) is 22.9 Å². The molecule has 0 saturated heterocycles. The summed E-state index contributed by atoms with van der Waals surface area (Å²) in [5.41, 5.74) is 24.0. The summed E-state index contributed by atoms with van der Waals surface area (Å²) < 4.78 is 2.18. The van der Waals surface area contributed by atoms with Crippen molar-refractivity contribution in [3.05, 3.63) is 121 Å². The summed E-state index contributed by atoms with van der Waals surface area (Å²) in [5.74, 6) is 0. The van der Waals surface area contributed by atoms with Gasteiger partial charge in [0.25, 0.3) is 0 Å². The maximum absolute atomic E-state index is 6.00. The van der Waals surface area contributed by atoms with Gasteiger partial charge in [-0.2, -0.15) is 0 Å². The van der Waals surface area contributed by atoms with Crippen LogP contribution in [-0.2, 0) is 0 Å². The van der Waals surface area contributed by atoms with E-state index in [2.05, 4.69) is 135 Å². The molecule has 0 radical (unpaired) electrons. The molecule has 4 aromatic rings. The third-order valence-corrected chi connectivity index (χ3v) is 24.1. The number of nitrogens with zero attached hydrogens (tertiary/aromatic N) is 2. The fraction of sp³-hybridized carbons (Fsp3) is 0.520. The quantitative estimate of drug-likeness (QED) is 0.0267. The Balaban J connectivity index is 1.59. The molecule has 322 valence electrons. The first-order valence-corrected chi connectivity index (χ1v) is 27.8. The normalized spacial score (nSPS) is 13.1. The van der Waals surface area contributed by atoms with Crippen LogP contribution in [0.4, 0.5) is 0 Å². The molecule has 0 aliphatic rings. The van der Waals surface area contributed by atoms with Crippen LogP contribution in [0.3, 0.4) is 0 Å². The van der Waals surface area contributed by atoms with Crippen molar-refractivity contribution in [1.29, 1.82) is 0 Å². The Hall–Kier alpha value is -2.50. The van der Waals surface area contributed by atoms with Gasteiger partial charge in [0.05, 0.1) is 0 Å². The van der Waals surface area contributed by atoms with E-state index in [4.69, 9.17) is 22.9 Å². The first-order chi connectivity index (χ1) is 28.3. The molecule has 4 rings (SSSR count). The third-order valence-electron chi connectivity index (χ3n) is 13.5. The van der Waals surface area contributed by atoms with E-state index in [0.29, 0.717) is 0 Å². The van der Waals surface area contributed by atoms with E-state index < -0.39 is 14.5 Å². The molecular weight excluding hydrogens is 747 g/mol. The molecule has 0 spiro atoms. The number of benzene rings is 4. The minimum absolute atomic E-state index is 0.760. The van der Waals surface area contributed by atoms with Gasteiger partial charge < -0.3 is 0 Å². The number of quaternary nitrogens is 2. The van der Waals surface area contributed by atoms with Crippen molar-refractivity contribution in [1.82, 2.24) is 0 Å². The SMILES string of the molecule is C[N+](CCCN)(CCCN)CCCC[PH](CCCC[PH](CCCC[N+](C)(CCCN)CCCN)(c1ccccc1)c1ccccc1)(c1ccccc1)c1ccccc1. The summed E-state index contributed by atoms with van der Waals surface area (Å²) in [6, 6.07) is 46.7. The number of hydrogen-bond acceptors (Lipinski definition) is 4. The van der Waals surface area contributed by atoms with Crippen molar-refractivity contribution in [2.75, 3.05) is 104 Å². The predicted molar refractivity (Wildman–Crippen MR) is 264 cm³/mol. The Morgan fingerprint density at radius 1 is 0.310 bits per heavy atom. The number of hydrogen-bond donors (Lipinski definition) is 4. The van der Waals surface area contributed by atoms with Crippen LogP contribution in [0, 0.1) is 0 Å². The summed E-state index contributed by atoms with van der Waals surface area (Å²) in [4.78, 5) is 0. The molecule has 0 fully saturated rings. The number of nitrogens with two attached hydrogens (primary N) is 4. The van der Waals surface area contributed by atoms with E-state index in [1.807, 2.05) is 0 Å². The molecular formula is C50H84N6P2+2. The Kier molecular flexibility index (Phi) is 21.6. The molecule has 0 amide bonds. The van der Waals surface area contributed by atoms with Gasteiger partial charge in [0.1, 0.15) is 0 Å². The van der Waals surface area contributed by atoms with Crippen LogP contribution >= 0.6 is 14.5 Å². The Morgan fingerprint density at radius 3 is 0.741 bits per heavy atom. The molecule has 6 nitrogen and oxygen atoms in total. The van der Waals surface area contributed by atoms with Crippen LogP contribution in [0.15, 0.2) is 121 Å². The second-order valence-corrected chi connectivity index (χ2v) is 26.5. The number of rotatable bonds is 31. The van der Waals surface area contributed by atoms with Gasteiger partial charge in [-0.25, -0.2) is 0 Å². The van der Waals surface area contributed by atoms with Gasteiger partial charge in [-0.05, 0) is 0 Å². The van der Waals surface area contributed by atoms with Gasteiger partial charge in [-0.3, -0.25) is 0 Å². The molecule has 8 N–H and O–H groups in total. The van der Waals surface area contributed by atoms with Gasteiger partial charge in [0, 0.05) is 0 Å². The zero-order valence-electron chi connectivity index (χ0n) is 36.7. The standard InChI is InChI=1S/C50H84N6P2/c1-55(39-21-33-51,40-22-34-52)37-15-17-43-57(47-25-7-3-8-26-47,48-27-9-4-10-28-48)45-19-20-46-58(49-29-11-5-12-30-49,50-31-13-6-14-32-50)44-18-16-38-56(2,41-23-35-53)42-24-36-54/h3-14,25-32,57-58H,15-24,33-46,51-54H2,1-2H3/q+2. The van der Waals surface area contributed by atoms with Crippen molar-refractivity contribution in [3.8, 4) is 0 Å². The summed E-state index contributed by atoms with van der Waals surface area (Å²) >= 11 is 0. The summed E-state index contributed by atoms with van der Waals surface area (Å²) in [7, 11) is 0.713. The molecule has 0 unspecified atom stereocenters. The monoisotopic (exact) mass is 831 g/mol. The van der Waals surface area contributed by atoms with Gasteiger partial charge in [0.15, 0.2) is 0 Å². The van der Waals surface area contributed by atoms with Crippen molar-refractivity contribution >= 4 is 35.7 Å². The molecule has 0 aromatic heterocycles. The van der Waals surface area contributed by atoms with Gasteiger partial charge >= 0.3 is 357 Å². The Morgan fingerprint density at radius 2 is 0.517 bits per heavy atom. The van der Waals surface area contributed by atoms with Gasteiger partial charge in [-0.15, -0.1) is 0 Å². The van der Waals surface area contributed by atoms with Crippen molar-refractivity contribution in [2.45, 2.75) is 64.2 Å². The molecule has 0 bridgehead atoms.